The van der Waals surface area contributed by atoms with E-state index in [1.54, 1.807) is 4.90 Å². The Labute approximate surface area is 399 Å². The number of aliphatic hydroxyl groups excluding tert-OH is 1. The van der Waals surface area contributed by atoms with E-state index in [0.717, 1.165) is 118 Å². The van der Waals surface area contributed by atoms with Crippen LogP contribution in [0, 0.1) is 0 Å². The summed E-state index contributed by atoms with van der Waals surface area (Å²) in [5, 5.41) is 20.0. The fourth-order valence-electron chi connectivity index (χ4n) is 11.5. The van der Waals surface area contributed by atoms with Gasteiger partial charge in [0.15, 0.2) is 0 Å². The molecule has 13 nitrogen and oxygen atoms in total. The zero-order valence-electron chi connectivity index (χ0n) is 41.3. The van der Waals surface area contributed by atoms with Gasteiger partial charge in [0.1, 0.15) is 5.82 Å². The number of β-amino-alcohol motifs (C(OH)–C–C–N with tert-alkyl or cyclic N) is 1. The Kier molecular flexibility index (Phi) is 14.8. The Hall–Kier alpha value is -4.82. The van der Waals surface area contributed by atoms with Crippen LogP contribution in [0.3, 0.4) is 0 Å². The standard InChI is InChI=1S/C54H76N10O3/c1-51(2,46-12-10-41(31-59-46)39-15-22-62(23-16-39)37-52(3,4)50-40(9-8-18-58-50)29-49(67)64-24-17-45(65)35-64)36-54(7,42-11-13-47(60-33-42)63-25-20-55-21-26-63)53(5,6)43-27-38(30-57-32-43)28-48(66)61-44-14-19-56-34-44/h8-13,18,27,30-33,39,44-45,55-56,65H,14-17,19-26,28-29,34-37H2,1-7H3,(H,61,66). The molecule has 4 aromatic rings. The highest BCUT2D eigenvalue weighted by molar-refractivity contribution is 5.79. The van der Waals surface area contributed by atoms with Crippen LogP contribution >= 0.6 is 0 Å². The normalized spacial score (nSPS) is 21.1. The van der Waals surface area contributed by atoms with Crippen LogP contribution < -0.4 is 20.9 Å². The molecule has 0 bridgehead atoms. The van der Waals surface area contributed by atoms with E-state index in [1.807, 2.05) is 30.7 Å². The number of pyridine rings is 4. The van der Waals surface area contributed by atoms with Crippen LogP contribution in [0.5, 0.6) is 0 Å². The first-order chi connectivity index (χ1) is 32.0. The van der Waals surface area contributed by atoms with Gasteiger partial charge in [-0.15, -0.1) is 0 Å². The fourth-order valence-corrected chi connectivity index (χ4v) is 11.5. The molecule has 0 aromatic carbocycles. The zero-order valence-corrected chi connectivity index (χ0v) is 41.3. The lowest BCUT2D eigenvalue weighted by molar-refractivity contribution is -0.129. The van der Waals surface area contributed by atoms with Gasteiger partial charge in [-0.25, -0.2) is 4.98 Å². The average Bonchev–Trinajstić information content (AvgIpc) is 4.01. The quantitative estimate of drug-likeness (QED) is 0.111. The molecule has 4 aliphatic heterocycles. The summed E-state index contributed by atoms with van der Waals surface area (Å²) >= 11 is 0. The van der Waals surface area contributed by atoms with Gasteiger partial charge >= 0.3 is 0 Å². The number of aliphatic hydroxyl groups is 1. The summed E-state index contributed by atoms with van der Waals surface area (Å²) in [5.41, 5.74) is 6.15. The van der Waals surface area contributed by atoms with Crippen molar-refractivity contribution in [1.29, 1.82) is 0 Å². The average molecular weight is 913 g/mol. The van der Waals surface area contributed by atoms with Crippen molar-refractivity contribution in [3.05, 3.63) is 113 Å². The minimum Gasteiger partial charge on any atom is -0.391 e. The molecule has 4 fully saturated rings. The molecule has 0 radical (unpaired) electrons. The fraction of sp³-hybridized carbons (Fsp3) is 0.593. The van der Waals surface area contributed by atoms with E-state index in [2.05, 4.69) is 117 Å². The van der Waals surface area contributed by atoms with Crippen molar-refractivity contribution in [3.8, 4) is 0 Å². The van der Waals surface area contributed by atoms with E-state index < -0.39 is 16.9 Å². The molecule has 13 heteroatoms. The summed E-state index contributed by atoms with van der Waals surface area (Å²) in [7, 11) is 0. The van der Waals surface area contributed by atoms with Crippen LogP contribution in [-0.2, 0) is 44.1 Å². The van der Waals surface area contributed by atoms with Crippen molar-refractivity contribution >= 4 is 17.6 Å². The van der Waals surface area contributed by atoms with E-state index in [-0.39, 0.29) is 28.7 Å². The number of rotatable bonds is 16. The lowest BCUT2D eigenvalue weighted by Gasteiger charge is -2.49. The van der Waals surface area contributed by atoms with Gasteiger partial charge in [0, 0.05) is 117 Å². The number of piperidine rings is 1. The van der Waals surface area contributed by atoms with E-state index in [0.29, 0.717) is 38.3 Å². The van der Waals surface area contributed by atoms with Gasteiger partial charge < -0.3 is 35.8 Å². The van der Waals surface area contributed by atoms with Crippen LogP contribution in [0.15, 0.2) is 73.4 Å². The Morgan fingerprint density at radius 1 is 0.776 bits per heavy atom. The highest BCUT2D eigenvalue weighted by atomic mass is 16.3. The molecule has 4 aliphatic rings. The highest BCUT2D eigenvalue weighted by Gasteiger charge is 2.48. The van der Waals surface area contributed by atoms with Gasteiger partial charge in [-0.05, 0) is 104 Å². The number of likely N-dealkylation sites (tertiary alicyclic amines) is 2. The number of anilines is 1. The summed E-state index contributed by atoms with van der Waals surface area (Å²) in [6.45, 7) is 25.6. The minimum absolute atomic E-state index is 0.0344. The van der Waals surface area contributed by atoms with Crippen LogP contribution in [0.4, 0.5) is 5.82 Å². The summed E-state index contributed by atoms with van der Waals surface area (Å²) in [6, 6.07) is 15.4. The van der Waals surface area contributed by atoms with E-state index in [9.17, 15) is 14.7 Å². The van der Waals surface area contributed by atoms with Crippen molar-refractivity contribution in [3.63, 3.8) is 0 Å². The monoisotopic (exact) mass is 913 g/mol. The number of nitrogens with one attached hydrogen (secondary N) is 3. The SMILES string of the molecule is CC(C)(CC(C)(c1ccc(N2CCNCC2)nc1)C(C)(C)c1cncc(CC(=O)NC2CCNC2)c1)c1ccc(C2CCN(CC(C)(C)c3ncccc3CC(=O)N3CCC(O)C3)CC2)cn1. The molecular formula is C54H76N10O3. The van der Waals surface area contributed by atoms with E-state index >= 15 is 0 Å². The molecular weight excluding hydrogens is 837 g/mol. The summed E-state index contributed by atoms with van der Waals surface area (Å²) in [6.07, 6.45) is 14.6. The predicted octanol–water partition coefficient (Wildman–Crippen LogP) is 5.59. The second-order valence-electron chi connectivity index (χ2n) is 22.1. The lowest BCUT2D eigenvalue weighted by Crippen LogP contribution is -2.47. The van der Waals surface area contributed by atoms with Crippen LogP contribution in [0.1, 0.15) is 126 Å². The van der Waals surface area contributed by atoms with Gasteiger partial charge in [-0.2, -0.15) is 0 Å². The number of amides is 2. The maximum atomic E-state index is 13.2. The zero-order chi connectivity index (χ0) is 47.4. The molecule has 67 heavy (non-hydrogen) atoms. The Bertz CT molecular complexity index is 2300. The first-order valence-corrected chi connectivity index (χ1v) is 25.0. The lowest BCUT2D eigenvalue weighted by atomic mass is 9.55. The molecule has 8 heterocycles. The third-order valence-corrected chi connectivity index (χ3v) is 15.9. The van der Waals surface area contributed by atoms with E-state index in [1.165, 1.54) is 11.1 Å². The largest absolute Gasteiger partial charge is 0.391 e. The molecule has 0 spiro atoms. The highest BCUT2D eigenvalue weighted by Crippen LogP contribution is 2.51. The summed E-state index contributed by atoms with van der Waals surface area (Å²) < 4.78 is 0. The van der Waals surface area contributed by atoms with Crippen molar-refractivity contribution in [2.45, 2.75) is 133 Å². The van der Waals surface area contributed by atoms with Crippen molar-refractivity contribution < 1.29 is 14.7 Å². The Balaban J connectivity index is 0.957. The third kappa shape index (κ3) is 11.2. The van der Waals surface area contributed by atoms with E-state index in [4.69, 9.17) is 19.9 Å². The molecule has 4 N–H and O–H groups in total. The molecule has 4 aromatic heterocycles. The number of carbonyl (C=O) groups excluding carboxylic acids is 2. The van der Waals surface area contributed by atoms with Crippen LogP contribution in [-0.4, -0.2) is 131 Å². The Morgan fingerprint density at radius 3 is 2.24 bits per heavy atom. The first kappa shape index (κ1) is 48.6. The maximum Gasteiger partial charge on any atom is 0.227 e. The minimum atomic E-state index is -0.424. The topological polar surface area (TPSA) is 152 Å². The van der Waals surface area contributed by atoms with Gasteiger partial charge in [0.05, 0.1) is 24.6 Å². The van der Waals surface area contributed by atoms with Gasteiger partial charge in [-0.3, -0.25) is 24.5 Å². The first-order valence-electron chi connectivity index (χ1n) is 25.0. The van der Waals surface area contributed by atoms with Gasteiger partial charge in [0.2, 0.25) is 11.8 Å². The molecule has 8 rings (SSSR count). The number of piperazine rings is 1. The number of aromatic nitrogens is 4. The number of nitrogens with zero attached hydrogens (tertiary/aromatic N) is 7. The number of carbonyl (C=O) groups is 2. The third-order valence-electron chi connectivity index (χ3n) is 15.9. The summed E-state index contributed by atoms with van der Waals surface area (Å²) in [4.78, 5) is 52.9. The van der Waals surface area contributed by atoms with Gasteiger partial charge in [-0.1, -0.05) is 72.7 Å². The Morgan fingerprint density at radius 2 is 1.57 bits per heavy atom. The van der Waals surface area contributed by atoms with Crippen molar-refractivity contribution in [2.24, 2.45) is 0 Å². The second kappa shape index (κ2) is 20.4. The van der Waals surface area contributed by atoms with Crippen LogP contribution in [0.2, 0.25) is 0 Å². The maximum absolute atomic E-state index is 13.2. The van der Waals surface area contributed by atoms with Crippen molar-refractivity contribution in [2.75, 3.05) is 76.9 Å². The molecule has 2 amide bonds. The molecule has 0 saturated carbocycles. The van der Waals surface area contributed by atoms with Gasteiger partial charge in [0.25, 0.3) is 0 Å². The molecule has 3 atom stereocenters. The molecule has 0 aliphatic carbocycles. The smallest absolute Gasteiger partial charge is 0.227 e. The predicted molar refractivity (Wildman–Crippen MR) is 266 cm³/mol. The van der Waals surface area contributed by atoms with Crippen LogP contribution in [0.25, 0.3) is 0 Å². The second-order valence-corrected chi connectivity index (χ2v) is 22.1. The molecule has 3 unspecified atom stereocenters. The van der Waals surface area contributed by atoms with Crippen molar-refractivity contribution in [1.82, 2.24) is 45.7 Å². The number of hydrogen-bond acceptors (Lipinski definition) is 11. The molecule has 4 saturated heterocycles. The number of hydrogen-bond donors (Lipinski definition) is 4. The summed E-state index contributed by atoms with van der Waals surface area (Å²) in [5.74, 6) is 1.54. The molecule has 360 valence electrons.